The Balaban J connectivity index is 3.98. The number of rotatable bonds is 7. The monoisotopic (exact) mass is 243 g/mol. The summed E-state index contributed by atoms with van der Waals surface area (Å²) in [4.78, 5) is 9.10. The van der Waals surface area contributed by atoms with Crippen molar-refractivity contribution in [3.05, 3.63) is 0 Å². The van der Waals surface area contributed by atoms with E-state index in [1.807, 2.05) is 0 Å². The summed E-state index contributed by atoms with van der Waals surface area (Å²) in [5.74, 6) is 0. The number of aliphatic hydroxyl groups is 1. The van der Waals surface area contributed by atoms with Gasteiger partial charge in [0.25, 0.3) is 0 Å². The molecule has 0 radical (unpaired) electrons. The molecule has 0 saturated heterocycles. The zero-order chi connectivity index (χ0) is 12.1. The minimum Gasteiger partial charge on any atom is -0.343 e. The molecule has 0 aliphatic carbocycles. The van der Waals surface area contributed by atoms with Gasteiger partial charge in [-0.25, -0.2) is 4.57 Å². The average Bonchev–Trinajstić information content (AvgIpc) is 2.09. The summed E-state index contributed by atoms with van der Waals surface area (Å²) >= 11 is 0. The first-order valence-electron chi connectivity index (χ1n) is 4.50. The van der Waals surface area contributed by atoms with Crippen LogP contribution in [0.5, 0.6) is 0 Å². The highest BCUT2D eigenvalue weighted by molar-refractivity contribution is 7.47. The molecule has 0 bridgehead atoms. The molecule has 0 aromatic carbocycles. The minimum atomic E-state index is -4.08. The Morgan fingerprint density at radius 2 is 1.93 bits per heavy atom. The fourth-order valence-corrected chi connectivity index (χ4v) is 1.32. The van der Waals surface area contributed by atoms with Crippen molar-refractivity contribution in [2.24, 2.45) is 5.73 Å². The molecular formula is C7H20N2O5P+. The Morgan fingerprint density at radius 3 is 2.33 bits per heavy atom. The van der Waals surface area contributed by atoms with Crippen molar-refractivity contribution in [2.75, 3.05) is 40.9 Å². The molecule has 0 heterocycles. The van der Waals surface area contributed by atoms with Gasteiger partial charge in [-0.15, -0.1) is 0 Å². The van der Waals surface area contributed by atoms with Gasteiger partial charge in [-0.2, -0.15) is 0 Å². The van der Waals surface area contributed by atoms with Crippen molar-refractivity contribution in [3.8, 4) is 0 Å². The lowest BCUT2D eigenvalue weighted by molar-refractivity contribution is -0.918. The predicted octanol–water partition coefficient (Wildman–Crippen LogP) is -0.897. The van der Waals surface area contributed by atoms with Crippen molar-refractivity contribution in [2.45, 2.75) is 6.23 Å². The molecular weight excluding hydrogens is 223 g/mol. The number of nitrogens with zero attached hydrogens (tertiary/aromatic N) is 1. The van der Waals surface area contributed by atoms with Crippen molar-refractivity contribution in [1.82, 2.24) is 0 Å². The Kier molecular flexibility index (Phi) is 5.90. The molecule has 0 amide bonds. The lowest BCUT2D eigenvalue weighted by Gasteiger charge is -2.29. The Labute approximate surface area is 89.6 Å². The summed E-state index contributed by atoms with van der Waals surface area (Å²) in [6.45, 7) is -0.206. The van der Waals surface area contributed by atoms with Crippen LogP contribution in [0, 0.1) is 0 Å². The highest BCUT2D eigenvalue weighted by atomic mass is 31.2. The lowest BCUT2D eigenvalue weighted by atomic mass is 10.5. The quantitative estimate of drug-likeness (QED) is 0.304. The largest absolute Gasteiger partial charge is 0.472 e. The SMILES string of the molecule is C[N+](C)(C)C(O)COP(=O)(O)OCCN. The summed E-state index contributed by atoms with van der Waals surface area (Å²) in [5.41, 5.74) is 5.10. The molecule has 15 heavy (non-hydrogen) atoms. The second kappa shape index (κ2) is 5.91. The van der Waals surface area contributed by atoms with E-state index in [4.69, 9.17) is 10.6 Å². The van der Waals surface area contributed by atoms with Gasteiger partial charge in [0, 0.05) is 6.54 Å². The normalized spacial score (nSPS) is 18.5. The van der Waals surface area contributed by atoms with Crippen LogP contribution in [-0.2, 0) is 13.6 Å². The molecule has 0 aromatic rings. The molecule has 0 saturated carbocycles. The predicted molar refractivity (Wildman–Crippen MR) is 54.8 cm³/mol. The second-order valence-corrected chi connectivity index (χ2v) is 5.44. The molecule has 8 heteroatoms. The molecule has 0 rings (SSSR count). The Hall–Kier alpha value is -0.0100. The molecule has 0 aliphatic rings. The number of phosphoric acid groups is 1. The number of phosphoric ester groups is 1. The number of aliphatic hydroxyl groups excluding tert-OH is 1. The molecule has 7 nitrogen and oxygen atoms in total. The zero-order valence-electron chi connectivity index (χ0n) is 9.29. The molecule has 92 valence electrons. The number of nitrogens with two attached hydrogens (primary N) is 1. The lowest BCUT2D eigenvalue weighted by Crippen LogP contribution is -2.47. The highest BCUT2D eigenvalue weighted by Crippen LogP contribution is 2.42. The van der Waals surface area contributed by atoms with Crippen molar-refractivity contribution in [1.29, 1.82) is 0 Å². The maximum Gasteiger partial charge on any atom is 0.472 e. The van der Waals surface area contributed by atoms with E-state index < -0.39 is 14.1 Å². The van der Waals surface area contributed by atoms with Crippen LogP contribution in [-0.4, -0.2) is 61.6 Å². The van der Waals surface area contributed by atoms with E-state index in [2.05, 4.69) is 9.05 Å². The van der Waals surface area contributed by atoms with Crippen molar-refractivity contribution >= 4 is 7.82 Å². The van der Waals surface area contributed by atoms with Crippen LogP contribution < -0.4 is 5.73 Å². The van der Waals surface area contributed by atoms with Crippen LogP contribution in [0.4, 0.5) is 0 Å². The van der Waals surface area contributed by atoms with Crippen LogP contribution in [0.2, 0.25) is 0 Å². The Morgan fingerprint density at radius 1 is 1.40 bits per heavy atom. The standard InChI is InChI=1S/C7H19N2O5P/c1-9(2,3)7(10)6-14-15(11,12)13-5-4-8/h7,10H,4-6,8H2,1-3H3/p+1. The van der Waals surface area contributed by atoms with Gasteiger partial charge in [0.2, 0.25) is 6.23 Å². The fourth-order valence-electron chi connectivity index (χ4n) is 0.590. The van der Waals surface area contributed by atoms with Gasteiger partial charge in [0.1, 0.15) is 6.61 Å². The molecule has 2 unspecified atom stereocenters. The first-order chi connectivity index (χ1) is 6.69. The van der Waals surface area contributed by atoms with E-state index in [-0.39, 0.29) is 24.2 Å². The maximum atomic E-state index is 11.1. The second-order valence-electron chi connectivity index (χ2n) is 3.98. The average molecular weight is 243 g/mol. The summed E-state index contributed by atoms with van der Waals surface area (Å²) in [6.07, 6.45) is -0.896. The third-order valence-electron chi connectivity index (χ3n) is 1.65. The minimum absolute atomic E-state index is 0.0613. The molecule has 0 aliphatic heterocycles. The summed E-state index contributed by atoms with van der Waals surface area (Å²) in [7, 11) is 1.12. The number of likely N-dealkylation sites (N-methyl/N-ethyl adjacent to an activating group) is 1. The van der Waals surface area contributed by atoms with Gasteiger partial charge in [-0.3, -0.25) is 9.05 Å². The molecule has 0 aromatic heterocycles. The smallest absolute Gasteiger partial charge is 0.343 e. The van der Waals surface area contributed by atoms with E-state index in [0.717, 1.165) is 0 Å². The molecule has 2 atom stereocenters. The highest BCUT2D eigenvalue weighted by Gasteiger charge is 2.27. The summed E-state index contributed by atoms with van der Waals surface area (Å²) < 4.78 is 20.4. The fraction of sp³-hybridized carbons (Fsp3) is 1.00. The van der Waals surface area contributed by atoms with Crippen LogP contribution >= 0.6 is 7.82 Å². The maximum absolute atomic E-state index is 11.1. The first kappa shape index (κ1) is 15.0. The molecule has 0 fully saturated rings. The van der Waals surface area contributed by atoms with Crippen LogP contribution in [0.3, 0.4) is 0 Å². The van der Waals surface area contributed by atoms with Gasteiger partial charge in [0.05, 0.1) is 27.7 Å². The Bertz CT molecular complexity index is 230. The zero-order valence-corrected chi connectivity index (χ0v) is 10.2. The van der Waals surface area contributed by atoms with Crippen LogP contribution in [0.15, 0.2) is 0 Å². The van der Waals surface area contributed by atoms with Crippen molar-refractivity contribution < 1.29 is 28.1 Å². The first-order valence-corrected chi connectivity index (χ1v) is 6.00. The number of hydrogen-bond donors (Lipinski definition) is 3. The van der Waals surface area contributed by atoms with E-state index in [9.17, 15) is 9.67 Å². The number of hydrogen-bond acceptors (Lipinski definition) is 5. The van der Waals surface area contributed by atoms with Gasteiger partial charge in [-0.1, -0.05) is 0 Å². The van der Waals surface area contributed by atoms with E-state index in [1.165, 1.54) is 0 Å². The summed E-state index contributed by atoms with van der Waals surface area (Å²) in [5, 5.41) is 9.51. The van der Waals surface area contributed by atoms with Gasteiger partial charge in [-0.05, 0) is 0 Å². The molecule has 4 N–H and O–H groups in total. The van der Waals surface area contributed by atoms with E-state index in [1.54, 1.807) is 21.1 Å². The molecule has 0 spiro atoms. The van der Waals surface area contributed by atoms with E-state index in [0.29, 0.717) is 0 Å². The van der Waals surface area contributed by atoms with Gasteiger partial charge >= 0.3 is 7.82 Å². The van der Waals surface area contributed by atoms with Crippen LogP contribution in [0.1, 0.15) is 0 Å². The van der Waals surface area contributed by atoms with E-state index >= 15 is 0 Å². The third-order valence-corrected chi connectivity index (χ3v) is 2.64. The van der Waals surface area contributed by atoms with Gasteiger partial charge < -0.3 is 20.2 Å². The van der Waals surface area contributed by atoms with Crippen LogP contribution in [0.25, 0.3) is 0 Å². The van der Waals surface area contributed by atoms with Crippen molar-refractivity contribution in [3.63, 3.8) is 0 Å². The topological polar surface area (TPSA) is 102 Å². The third kappa shape index (κ3) is 6.97. The number of quaternary nitrogens is 1. The summed E-state index contributed by atoms with van der Waals surface area (Å²) in [6, 6.07) is 0. The van der Waals surface area contributed by atoms with Gasteiger partial charge in [0.15, 0.2) is 0 Å².